The second-order valence-electron chi connectivity index (χ2n) is 44.6. The molecule has 0 aromatic carbocycles. The van der Waals surface area contributed by atoms with Gasteiger partial charge in [0.15, 0.2) is 0 Å². The van der Waals surface area contributed by atoms with Gasteiger partial charge in [0.2, 0.25) is 0 Å². The van der Waals surface area contributed by atoms with Crippen molar-refractivity contribution in [1.82, 2.24) is 19.9 Å². The summed E-state index contributed by atoms with van der Waals surface area (Å²) in [5, 5.41) is 98.5. The first kappa shape index (κ1) is 113. The van der Waals surface area contributed by atoms with Gasteiger partial charge in [0, 0.05) is 45.2 Å². The molecule has 2 unspecified atom stereocenters. The van der Waals surface area contributed by atoms with Gasteiger partial charge in [0.25, 0.3) is 0 Å². The number of fused-ring (bicyclic) bond motifs is 4. The van der Waals surface area contributed by atoms with Crippen molar-refractivity contribution < 1.29 is 98.2 Å². The van der Waals surface area contributed by atoms with E-state index in [1.54, 1.807) is 128 Å². The van der Waals surface area contributed by atoms with Crippen LogP contribution in [0.3, 0.4) is 0 Å². The van der Waals surface area contributed by atoms with E-state index in [4.69, 9.17) is 18.9 Å². The van der Waals surface area contributed by atoms with Crippen LogP contribution in [0.2, 0.25) is 0 Å². The van der Waals surface area contributed by atoms with Gasteiger partial charge < -0.3 is 59.8 Å². The number of esters is 4. The zero-order chi connectivity index (χ0) is 101. The van der Waals surface area contributed by atoms with Crippen LogP contribution in [0.4, 0.5) is 0 Å². The zero-order valence-corrected chi connectivity index (χ0v) is 88.9. The van der Waals surface area contributed by atoms with Gasteiger partial charge in [-0.15, -0.1) is 45.3 Å². The predicted molar refractivity (Wildman–Crippen MR) is 537 cm³/mol. The molecule has 0 radical (unpaired) electrons. The molecule has 4 aromatic rings. The summed E-state index contributed by atoms with van der Waals surface area (Å²) in [4.78, 5) is 122. The van der Waals surface area contributed by atoms with E-state index >= 15 is 0 Å². The van der Waals surface area contributed by atoms with E-state index in [1.165, 1.54) is 0 Å². The molecule has 28 atom stereocenters. The van der Waals surface area contributed by atoms with Crippen LogP contribution in [0.5, 0.6) is 0 Å². The highest BCUT2D eigenvalue weighted by atomic mass is 32.1. The number of carbonyl (C=O) groups is 8. The van der Waals surface area contributed by atoms with Crippen LogP contribution < -0.4 is 0 Å². The summed E-state index contributed by atoms with van der Waals surface area (Å²) in [5.41, 5.74) is 2.56. The Morgan fingerprint density at radius 3 is 0.632 bits per heavy atom. The van der Waals surface area contributed by atoms with E-state index in [9.17, 15) is 79.2 Å². The molecule has 4 saturated heterocycles. The van der Waals surface area contributed by atoms with E-state index in [0.717, 1.165) is 194 Å². The Morgan fingerprint density at radius 2 is 0.471 bits per heavy atom. The third-order valence-electron chi connectivity index (χ3n) is 31.8. The van der Waals surface area contributed by atoms with Crippen LogP contribution >= 0.6 is 45.3 Å². The first-order valence-electron chi connectivity index (χ1n) is 50.4. The molecule has 8 N–H and O–H groups in total. The fraction of sp³-hybridized carbons (Fsp3) is 0.741. The Labute approximate surface area is 825 Å². The van der Waals surface area contributed by atoms with Crippen molar-refractivity contribution in [3.05, 3.63) is 86.6 Å². The van der Waals surface area contributed by atoms with Crippen molar-refractivity contribution in [2.75, 3.05) is 0 Å². The number of cyclic esters (lactones) is 4. The SMILES string of the molecule is C/C(=C\c1csc(C)n1)C1C[C@@H]2C[C@@H]2CCC[C@H](C)[C@H](O)[C@@H](C)C(=O)C(C)(C)[C@@H](O)CC(=O)O1.C/C(=C\c1csc(C)n1)C1C[C@@H]2C[C@H]2CCC[C@H](C)[C@H](O)[C@@H](C)C(=O)C(C)(C)[C@@H](O)CC(=O)O1.C/C(=C\c1csc(C)n1)[C@@H]1C[C@@H]2C[C@@H]2CCC[C@H](C)[C@H](O)[C@@H](C)C(=O)C(C)(C)[C@@H](O)CC(=O)O1.C/C(=C\c1csc(C)n1)[C@@H]1C[C@@H]2C[C@H]2CCC[C@H](C)[C@H](O)[C@@H](C)C(=O)C(C)(C)[C@@H](O)CC(=O)O1. The molecular weight excluding hydrogens is 1800 g/mol. The zero-order valence-electron chi connectivity index (χ0n) is 85.7. The number of ketones is 4. The Hall–Kier alpha value is -6.28. The minimum Gasteiger partial charge on any atom is -0.458 e. The Balaban J connectivity index is 0.000000203. The van der Waals surface area contributed by atoms with E-state index in [-0.39, 0.29) is 96.9 Å². The van der Waals surface area contributed by atoms with Crippen molar-refractivity contribution >= 4 is 117 Å². The maximum atomic E-state index is 13.2. The average molecular weight is 1970 g/mol. The molecule has 4 saturated carbocycles. The number of aryl methyl sites for hydroxylation is 4. The van der Waals surface area contributed by atoms with Crippen LogP contribution in [-0.4, -0.2) is 181 Å². The third-order valence-corrected chi connectivity index (χ3v) is 35.0. The number of rotatable bonds is 8. The summed E-state index contributed by atoms with van der Waals surface area (Å²) in [6.07, 6.45) is 16.9. The largest absolute Gasteiger partial charge is 0.458 e. The van der Waals surface area contributed by atoms with Gasteiger partial charge in [0.1, 0.15) is 47.5 Å². The fourth-order valence-corrected chi connectivity index (χ4v) is 23.2. The summed E-state index contributed by atoms with van der Waals surface area (Å²) in [6.45, 7) is 43.8. The van der Waals surface area contributed by atoms with Crippen LogP contribution in [0.1, 0.15) is 335 Å². The number of aliphatic hydroxyl groups is 8. The molecule has 4 aliphatic heterocycles. The second kappa shape index (κ2) is 49.6. The number of ether oxygens (including phenoxy) is 4. The third kappa shape index (κ3) is 31.9. The quantitative estimate of drug-likeness (QED) is 0.0600. The van der Waals surface area contributed by atoms with E-state index in [1.807, 2.05) is 129 Å². The summed E-state index contributed by atoms with van der Waals surface area (Å²) < 4.78 is 23.6. The number of hydrogen-bond donors (Lipinski definition) is 8. The highest BCUT2D eigenvalue weighted by Crippen LogP contribution is 2.52. The molecule has 0 spiro atoms. The molecule has 4 aromatic heterocycles. The lowest BCUT2D eigenvalue weighted by Crippen LogP contribution is -2.45. The molecule has 28 heteroatoms. The van der Waals surface area contributed by atoms with Crippen LogP contribution in [0.25, 0.3) is 24.3 Å². The number of Topliss-reactive ketones (excluding diaryl/α,β-unsaturated/α-hetero) is 4. The standard InChI is InChI=1S/4C27H41NO5S/c4*1-15-8-7-9-19-11-20(19)12-22(16(2)10-21-14-34-18(4)28-21)33-24(30)13-23(29)27(5,6)26(32)17(3)25(15)31/h4*10,14-15,17,19-20,22-23,25,29,31H,7-9,11-13H2,1-6H3/b4*16-10+/t15-,17+,19+,20-,22?,23-,25-;15-,17+,19+,20-,22-,23-,25-;15-,17+,19-,20-,22?,23-,25-;15-,17+,19-,20-,22-,23-,25-/m0000/s1. The summed E-state index contributed by atoms with van der Waals surface area (Å²) in [6, 6.07) is 0. The van der Waals surface area contributed by atoms with Crippen molar-refractivity contribution in [2.24, 2.45) is 116 Å². The highest BCUT2D eigenvalue weighted by molar-refractivity contribution is 7.10. The lowest BCUT2D eigenvalue weighted by atomic mass is 9.73. The maximum Gasteiger partial charge on any atom is 0.309 e. The lowest BCUT2D eigenvalue weighted by Gasteiger charge is -2.34. The van der Waals surface area contributed by atoms with Gasteiger partial charge in [-0.3, -0.25) is 38.4 Å². The van der Waals surface area contributed by atoms with Crippen LogP contribution in [0, 0.1) is 144 Å². The Kier molecular flexibility index (Phi) is 41.3. The van der Waals surface area contributed by atoms with Crippen LogP contribution in [-0.2, 0) is 57.3 Å². The number of aliphatic hydroxyl groups excluding tert-OH is 8. The summed E-state index contributed by atoms with van der Waals surface area (Å²) in [5.74, 6) is -0.936. The summed E-state index contributed by atoms with van der Waals surface area (Å²) >= 11 is 6.33. The number of nitrogens with zero attached hydrogens (tertiary/aromatic N) is 4. The number of thiazole rings is 4. The molecular formula is C108H164N4O20S4. The van der Waals surface area contributed by atoms with Gasteiger partial charge in [-0.2, -0.15) is 0 Å². The normalized spacial score (nSPS) is 36.0. The first-order valence-corrected chi connectivity index (χ1v) is 53.9. The predicted octanol–water partition coefficient (Wildman–Crippen LogP) is 19.8. The van der Waals surface area contributed by atoms with Crippen molar-refractivity contribution in [3.63, 3.8) is 0 Å². The van der Waals surface area contributed by atoms with Gasteiger partial charge in [-0.1, -0.05) is 162 Å². The molecule has 4 aliphatic carbocycles. The van der Waals surface area contributed by atoms with Crippen molar-refractivity contribution in [2.45, 2.75) is 394 Å². The van der Waals surface area contributed by atoms with Gasteiger partial charge >= 0.3 is 23.9 Å². The molecule has 0 amide bonds. The molecule has 12 rings (SSSR count). The number of aromatic nitrogens is 4. The fourth-order valence-electron chi connectivity index (χ4n) is 20.9. The van der Waals surface area contributed by atoms with Gasteiger partial charge in [-0.25, -0.2) is 19.9 Å². The smallest absolute Gasteiger partial charge is 0.309 e. The van der Waals surface area contributed by atoms with E-state index in [0.29, 0.717) is 47.3 Å². The molecule has 0 bridgehead atoms. The topological polar surface area (TPSA) is 387 Å². The molecule has 8 heterocycles. The monoisotopic (exact) mass is 1970 g/mol. The maximum absolute atomic E-state index is 13.2. The second-order valence-corrected chi connectivity index (χ2v) is 48.8. The molecule has 24 nitrogen and oxygen atoms in total. The highest BCUT2D eigenvalue weighted by Gasteiger charge is 2.51. The van der Waals surface area contributed by atoms with E-state index in [2.05, 4.69) is 19.9 Å². The molecule has 8 aliphatic rings. The molecule has 8 fully saturated rings. The Morgan fingerprint density at radius 1 is 0.294 bits per heavy atom. The minimum absolute atomic E-state index is 0.00135. The summed E-state index contributed by atoms with van der Waals surface area (Å²) in [7, 11) is 0. The lowest BCUT2D eigenvalue weighted by molar-refractivity contribution is -0.156. The number of carbonyl (C=O) groups excluding carboxylic acids is 8. The number of hydrogen-bond acceptors (Lipinski definition) is 28. The Bertz CT molecular complexity index is 4210. The van der Waals surface area contributed by atoms with Crippen molar-refractivity contribution in [1.29, 1.82) is 0 Å². The van der Waals surface area contributed by atoms with Gasteiger partial charge in [0.05, 0.1) is 139 Å². The molecule has 760 valence electrons. The minimum atomic E-state index is -1.19. The van der Waals surface area contributed by atoms with Crippen molar-refractivity contribution in [3.8, 4) is 0 Å². The molecule has 136 heavy (non-hydrogen) atoms. The van der Waals surface area contributed by atoms with Gasteiger partial charge in [-0.05, 0) is 250 Å². The van der Waals surface area contributed by atoms with E-state index < -0.39 is 118 Å². The first-order chi connectivity index (χ1) is 63.6. The van der Waals surface area contributed by atoms with Crippen LogP contribution in [0.15, 0.2) is 43.8 Å². The average Bonchev–Trinajstić information content (AvgIpc) is 0.873.